The van der Waals surface area contributed by atoms with Gasteiger partial charge in [-0.3, -0.25) is 14.6 Å². The van der Waals surface area contributed by atoms with Crippen molar-refractivity contribution in [2.75, 3.05) is 0 Å². The van der Waals surface area contributed by atoms with Crippen molar-refractivity contribution in [1.82, 2.24) is 20.3 Å². The van der Waals surface area contributed by atoms with Crippen LogP contribution in [0.1, 0.15) is 29.9 Å². The lowest BCUT2D eigenvalue weighted by atomic mass is 10.1. The van der Waals surface area contributed by atoms with E-state index in [2.05, 4.69) is 20.3 Å². The third-order valence-electron chi connectivity index (χ3n) is 3.95. The third kappa shape index (κ3) is 3.79. The second-order valence-electron chi connectivity index (χ2n) is 5.85. The van der Waals surface area contributed by atoms with Gasteiger partial charge in [0, 0.05) is 10.9 Å². The number of nitrogens with zero attached hydrogens (tertiary/aromatic N) is 3. The molecule has 2 aromatic heterocycles. The number of H-pyrrole nitrogens is 1. The topological polar surface area (TPSA) is 112 Å². The Morgan fingerprint density at radius 2 is 2.11 bits per heavy atom. The second-order valence-corrected chi connectivity index (χ2v) is 5.85. The fourth-order valence-electron chi connectivity index (χ4n) is 2.55. The summed E-state index contributed by atoms with van der Waals surface area (Å²) in [4.78, 5) is 34.6. The molecule has 0 aliphatic carbocycles. The SMILES string of the molecule is CC(NC(=O)Cc1cc2c(F)c(F)ccc2[nH]c1=O)c1cnc(C#N)cn1. The van der Waals surface area contributed by atoms with Gasteiger partial charge in [0.2, 0.25) is 5.91 Å². The molecular weight excluding hydrogens is 356 g/mol. The third-order valence-corrected chi connectivity index (χ3v) is 3.95. The molecule has 0 saturated carbocycles. The highest BCUT2D eigenvalue weighted by molar-refractivity contribution is 5.83. The van der Waals surface area contributed by atoms with E-state index in [1.54, 1.807) is 6.92 Å². The van der Waals surface area contributed by atoms with E-state index in [1.165, 1.54) is 24.5 Å². The van der Waals surface area contributed by atoms with Crippen molar-refractivity contribution in [3.8, 4) is 6.07 Å². The highest BCUT2D eigenvalue weighted by Crippen LogP contribution is 2.18. The van der Waals surface area contributed by atoms with Crippen molar-refractivity contribution in [1.29, 1.82) is 5.26 Å². The smallest absolute Gasteiger partial charge is 0.252 e. The monoisotopic (exact) mass is 369 g/mol. The molecule has 136 valence electrons. The predicted molar refractivity (Wildman–Crippen MR) is 91.5 cm³/mol. The number of hydrogen-bond donors (Lipinski definition) is 2. The van der Waals surface area contributed by atoms with E-state index in [0.717, 1.165) is 6.07 Å². The zero-order valence-electron chi connectivity index (χ0n) is 14.1. The number of aromatic amines is 1. The number of halogens is 2. The molecule has 2 N–H and O–H groups in total. The molecule has 1 aromatic carbocycles. The number of rotatable bonds is 4. The number of nitrogens with one attached hydrogen (secondary N) is 2. The number of carbonyl (C=O) groups is 1. The van der Waals surface area contributed by atoms with E-state index in [0.29, 0.717) is 5.69 Å². The molecule has 2 heterocycles. The predicted octanol–water partition coefficient (Wildman–Crippen LogP) is 1.89. The van der Waals surface area contributed by atoms with Crippen LogP contribution in [0.3, 0.4) is 0 Å². The first kappa shape index (κ1) is 18.1. The highest BCUT2D eigenvalue weighted by Gasteiger charge is 2.16. The minimum Gasteiger partial charge on any atom is -0.348 e. The average molecular weight is 369 g/mol. The van der Waals surface area contributed by atoms with Crippen LogP contribution in [0.15, 0.2) is 35.4 Å². The van der Waals surface area contributed by atoms with Crippen molar-refractivity contribution >= 4 is 16.8 Å². The minimum atomic E-state index is -1.09. The summed E-state index contributed by atoms with van der Waals surface area (Å²) in [7, 11) is 0. The van der Waals surface area contributed by atoms with Crippen molar-refractivity contribution in [2.24, 2.45) is 0 Å². The van der Waals surface area contributed by atoms with Gasteiger partial charge in [0.15, 0.2) is 17.3 Å². The summed E-state index contributed by atoms with van der Waals surface area (Å²) in [6.45, 7) is 1.66. The lowest BCUT2D eigenvalue weighted by Crippen LogP contribution is -2.30. The molecule has 0 saturated heterocycles. The van der Waals surface area contributed by atoms with Crippen molar-refractivity contribution in [3.05, 3.63) is 69.5 Å². The number of fused-ring (bicyclic) bond motifs is 1. The largest absolute Gasteiger partial charge is 0.348 e. The summed E-state index contributed by atoms with van der Waals surface area (Å²) < 4.78 is 27.3. The molecule has 3 rings (SSSR count). The summed E-state index contributed by atoms with van der Waals surface area (Å²) in [6.07, 6.45) is 2.32. The summed E-state index contributed by atoms with van der Waals surface area (Å²) in [6, 6.07) is 4.65. The summed E-state index contributed by atoms with van der Waals surface area (Å²) in [5, 5.41) is 11.2. The van der Waals surface area contributed by atoms with Crippen molar-refractivity contribution in [2.45, 2.75) is 19.4 Å². The summed E-state index contributed by atoms with van der Waals surface area (Å²) in [5.74, 6) is -2.64. The van der Waals surface area contributed by atoms with Crippen LogP contribution in [0.25, 0.3) is 10.9 Å². The molecule has 1 atom stereocenters. The second kappa shape index (κ2) is 7.29. The maximum Gasteiger partial charge on any atom is 0.252 e. The van der Waals surface area contributed by atoms with Gasteiger partial charge < -0.3 is 10.3 Å². The Hall–Kier alpha value is -3.67. The van der Waals surface area contributed by atoms with Gasteiger partial charge in [-0.25, -0.2) is 13.8 Å². The van der Waals surface area contributed by atoms with Gasteiger partial charge in [-0.2, -0.15) is 5.26 Å². The van der Waals surface area contributed by atoms with Crippen LogP contribution in [-0.4, -0.2) is 20.9 Å². The Morgan fingerprint density at radius 3 is 2.78 bits per heavy atom. The molecule has 27 heavy (non-hydrogen) atoms. The number of pyridine rings is 1. The van der Waals surface area contributed by atoms with Crippen LogP contribution in [0.5, 0.6) is 0 Å². The molecule has 0 radical (unpaired) electrons. The minimum absolute atomic E-state index is 0.00242. The van der Waals surface area contributed by atoms with E-state index in [-0.39, 0.29) is 28.6 Å². The number of benzene rings is 1. The van der Waals surface area contributed by atoms with Crippen LogP contribution in [0.2, 0.25) is 0 Å². The van der Waals surface area contributed by atoms with Crippen LogP contribution < -0.4 is 10.9 Å². The lowest BCUT2D eigenvalue weighted by Gasteiger charge is -2.13. The van der Waals surface area contributed by atoms with Crippen LogP contribution in [0, 0.1) is 23.0 Å². The highest BCUT2D eigenvalue weighted by atomic mass is 19.2. The Bertz CT molecular complexity index is 1120. The number of amides is 1. The first-order valence-electron chi connectivity index (χ1n) is 7.90. The quantitative estimate of drug-likeness (QED) is 0.729. The van der Waals surface area contributed by atoms with Crippen LogP contribution >= 0.6 is 0 Å². The van der Waals surface area contributed by atoms with Gasteiger partial charge in [-0.05, 0) is 25.1 Å². The molecule has 9 heteroatoms. The normalized spacial score (nSPS) is 11.8. The average Bonchev–Trinajstić information content (AvgIpc) is 2.66. The number of hydrogen-bond acceptors (Lipinski definition) is 5. The molecule has 0 aliphatic rings. The Morgan fingerprint density at radius 1 is 1.33 bits per heavy atom. The van der Waals surface area contributed by atoms with Crippen LogP contribution in [-0.2, 0) is 11.2 Å². The zero-order chi connectivity index (χ0) is 19.6. The van der Waals surface area contributed by atoms with Gasteiger partial charge in [-0.1, -0.05) is 0 Å². The van der Waals surface area contributed by atoms with E-state index in [9.17, 15) is 18.4 Å². The zero-order valence-corrected chi connectivity index (χ0v) is 14.1. The molecule has 0 spiro atoms. The Kier molecular flexibility index (Phi) is 4.90. The number of carbonyl (C=O) groups excluding carboxylic acids is 1. The van der Waals surface area contributed by atoms with Gasteiger partial charge in [-0.15, -0.1) is 0 Å². The molecule has 0 bridgehead atoms. The van der Waals surface area contributed by atoms with E-state index in [4.69, 9.17) is 5.26 Å². The van der Waals surface area contributed by atoms with Crippen molar-refractivity contribution < 1.29 is 13.6 Å². The van der Waals surface area contributed by atoms with E-state index >= 15 is 0 Å². The fraction of sp³-hybridized carbons (Fsp3) is 0.167. The Balaban J connectivity index is 1.79. The molecule has 1 amide bonds. The molecular formula is C18H13F2N5O2. The van der Waals surface area contributed by atoms with Crippen LogP contribution in [0.4, 0.5) is 8.78 Å². The molecule has 7 nitrogen and oxygen atoms in total. The first-order chi connectivity index (χ1) is 12.9. The summed E-state index contributed by atoms with van der Waals surface area (Å²) >= 11 is 0. The first-order valence-corrected chi connectivity index (χ1v) is 7.90. The number of aromatic nitrogens is 3. The standard InChI is InChI=1S/C18H13F2N5O2/c1-9(15-8-22-11(6-21)7-23-15)24-16(26)5-10-4-12-14(25-18(10)27)3-2-13(19)17(12)20/h2-4,7-9H,5H2,1H3,(H,24,26)(H,25,27). The van der Waals surface area contributed by atoms with E-state index < -0.39 is 29.1 Å². The molecule has 1 unspecified atom stereocenters. The lowest BCUT2D eigenvalue weighted by molar-refractivity contribution is -0.121. The van der Waals surface area contributed by atoms with Gasteiger partial charge >= 0.3 is 0 Å². The maximum absolute atomic E-state index is 13.9. The molecule has 0 fully saturated rings. The summed E-state index contributed by atoms with van der Waals surface area (Å²) in [5.41, 5.74) is 0.165. The molecule has 0 aliphatic heterocycles. The maximum atomic E-state index is 13.9. The van der Waals surface area contributed by atoms with E-state index in [1.807, 2.05) is 6.07 Å². The van der Waals surface area contributed by atoms with Gasteiger partial charge in [0.05, 0.1) is 36.1 Å². The fourth-order valence-corrected chi connectivity index (χ4v) is 2.55. The number of nitriles is 1. The van der Waals surface area contributed by atoms with Crippen molar-refractivity contribution in [3.63, 3.8) is 0 Å². The van der Waals surface area contributed by atoms with Gasteiger partial charge in [0.25, 0.3) is 5.56 Å². The molecule has 3 aromatic rings. The van der Waals surface area contributed by atoms with Gasteiger partial charge in [0.1, 0.15) is 6.07 Å². The Labute approximate surface area is 151 Å².